The van der Waals surface area contributed by atoms with Crippen molar-refractivity contribution >= 4 is 29.7 Å². The number of thiazole rings is 1. The summed E-state index contributed by atoms with van der Waals surface area (Å²) in [6.45, 7) is 1.52. The molecule has 1 aliphatic heterocycles. The maximum absolute atomic E-state index is 13.8. The number of likely N-dealkylation sites (tertiary alicyclic amines) is 1. The molecule has 1 aromatic carbocycles. The van der Waals surface area contributed by atoms with Gasteiger partial charge in [-0.25, -0.2) is 9.37 Å². The summed E-state index contributed by atoms with van der Waals surface area (Å²) >= 11 is 1.25. The third-order valence-electron chi connectivity index (χ3n) is 5.02. The maximum Gasteiger partial charge on any atom is 0.265 e. The molecule has 2 N–H and O–H groups in total. The Morgan fingerprint density at radius 1 is 1.29 bits per heavy atom. The molecule has 2 fully saturated rings. The van der Waals surface area contributed by atoms with Crippen LogP contribution in [0.15, 0.2) is 30.5 Å². The lowest BCUT2D eigenvalue weighted by atomic mass is 9.98. The molecule has 7 heteroatoms. The van der Waals surface area contributed by atoms with Gasteiger partial charge in [0.25, 0.3) is 5.91 Å². The zero-order chi connectivity index (χ0) is 16.0. The highest BCUT2D eigenvalue weighted by Gasteiger charge is 2.42. The normalized spacial score (nSPS) is 25.4. The van der Waals surface area contributed by atoms with Crippen molar-refractivity contribution in [1.82, 2.24) is 9.88 Å². The van der Waals surface area contributed by atoms with Crippen molar-refractivity contribution in [3.8, 4) is 10.6 Å². The predicted octanol–water partition coefficient (Wildman–Crippen LogP) is 3.18. The Kier molecular flexibility index (Phi) is 4.90. The van der Waals surface area contributed by atoms with Gasteiger partial charge in [-0.1, -0.05) is 12.1 Å². The number of benzene rings is 1. The molecule has 1 aliphatic carbocycles. The average molecular weight is 368 g/mol. The van der Waals surface area contributed by atoms with E-state index in [0.29, 0.717) is 27.3 Å². The molecule has 3 atom stereocenters. The molecule has 0 bridgehead atoms. The van der Waals surface area contributed by atoms with Crippen LogP contribution < -0.4 is 5.73 Å². The minimum Gasteiger partial charge on any atom is -0.337 e. The van der Waals surface area contributed by atoms with Crippen LogP contribution >= 0.6 is 23.7 Å². The number of carbonyl (C=O) groups is 1. The molecule has 2 aliphatic rings. The van der Waals surface area contributed by atoms with Gasteiger partial charge >= 0.3 is 0 Å². The molecule has 4 nitrogen and oxygen atoms in total. The standard InChI is InChI=1S/C17H18FN3OS.ClH/c18-13-4-2-1-3-11(13)16-20-7-15(23-16)17(22)21-8-10-5-6-14(19)12(10)9-21;/h1-4,7,10,12,14H,5-6,8-9,19H2;1H. The van der Waals surface area contributed by atoms with E-state index >= 15 is 0 Å². The van der Waals surface area contributed by atoms with E-state index in [4.69, 9.17) is 5.73 Å². The Bertz CT molecular complexity index is 753. The molecule has 0 spiro atoms. The van der Waals surface area contributed by atoms with E-state index in [0.717, 1.165) is 25.9 Å². The van der Waals surface area contributed by atoms with Gasteiger partial charge in [-0.15, -0.1) is 23.7 Å². The first-order chi connectivity index (χ1) is 11.1. The number of aromatic nitrogens is 1. The van der Waals surface area contributed by atoms with Crippen LogP contribution in [0.2, 0.25) is 0 Å². The molecular formula is C17H19ClFN3OS. The first-order valence-corrected chi connectivity index (χ1v) is 8.70. The van der Waals surface area contributed by atoms with Crippen LogP contribution in [0.3, 0.4) is 0 Å². The van der Waals surface area contributed by atoms with E-state index in [1.165, 1.54) is 17.4 Å². The molecule has 24 heavy (non-hydrogen) atoms. The highest BCUT2D eigenvalue weighted by molar-refractivity contribution is 7.16. The van der Waals surface area contributed by atoms with E-state index in [1.54, 1.807) is 24.4 Å². The smallest absolute Gasteiger partial charge is 0.265 e. The molecule has 128 valence electrons. The highest BCUT2D eigenvalue weighted by atomic mass is 35.5. The fraction of sp³-hybridized carbons (Fsp3) is 0.412. The molecule has 1 saturated heterocycles. The van der Waals surface area contributed by atoms with Crippen molar-refractivity contribution in [1.29, 1.82) is 0 Å². The minimum absolute atomic E-state index is 0. The summed E-state index contributed by atoms with van der Waals surface area (Å²) in [5.41, 5.74) is 6.57. The van der Waals surface area contributed by atoms with Crippen molar-refractivity contribution < 1.29 is 9.18 Å². The van der Waals surface area contributed by atoms with E-state index in [9.17, 15) is 9.18 Å². The molecule has 3 unspecified atom stereocenters. The van der Waals surface area contributed by atoms with Crippen molar-refractivity contribution in [3.63, 3.8) is 0 Å². The van der Waals surface area contributed by atoms with E-state index in [1.807, 2.05) is 4.90 Å². The lowest BCUT2D eigenvalue weighted by Crippen LogP contribution is -2.33. The minimum atomic E-state index is -0.317. The van der Waals surface area contributed by atoms with Crippen molar-refractivity contribution in [2.75, 3.05) is 13.1 Å². The van der Waals surface area contributed by atoms with Gasteiger partial charge < -0.3 is 10.6 Å². The van der Waals surface area contributed by atoms with Gasteiger partial charge in [0, 0.05) is 24.7 Å². The van der Waals surface area contributed by atoms with Crippen molar-refractivity contribution in [2.24, 2.45) is 17.6 Å². The summed E-state index contributed by atoms with van der Waals surface area (Å²) in [6.07, 6.45) is 3.73. The second kappa shape index (κ2) is 6.78. The van der Waals surface area contributed by atoms with Crippen LogP contribution in [0.25, 0.3) is 10.6 Å². The van der Waals surface area contributed by atoms with Crippen molar-refractivity contribution in [2.45, 2.75) is 18.9 Å². The fourth-order valence-electron chi connectivity index (χ4n) is 3.76. The molecular weight excluding hydrogens is 349 g/mol. The van der Waals surface area contributed by atoms with Crippen LogP contribution in [0, 0.1) is 17.7 Å². The van der Waals surface area contributed by atoms with Gasteiger partial charge in [-0.05, 0) is 36.8 Å². The van der Waals surface area contributed by atoms with Crippen LogP contribution in [0.5, 0.6) is 0 Å². The number of carbonyl (C=O) groups excluding carboxylic acids is 1. The van der Waals surface area contributed by atoms with Gasteiger partial charge in [0.15, 0.2) is 0 Å². The Morgan fingerprint density at radius 2 is 2.08 bits per heavy atom. The SMILES string of the molecule is Cl.NC1CCC2CN(C(=O)c3cnc(-c4ccccc4F)s3)CC12. The Hall–Kier alpha value is -1.50. The van der Waals surface area contributed by atoms with Crippen molar-refractivity contribution in [3.05, 3.63) is 41.2 Å². The monoisotopic (exact) mass is 367 g/mol. The lowest BCUT2D eigenvalue weighted by Gasteiger charge is -2.17. The number of hydrogen-bond acceptors (Lipinski definition) is 4. The summed E-state index contributed by atoms with van der Waals surface area (Å²) in [5, 5.41) is 0.544. The van der Waals surface area contributed by atoms with Gasteiger partial charge in [-0.2, -0.15) is 0 Å². The molecule has 2 aromatic rings. The third-order valence-corrected chi connectivity index (χ3v) is 6.04. The molecule has 1 amide bonds. The van der Waals surface area contributed by atoms with Gasteiger partial charge in [0.05, 0.1) is 6.20 Å². The Balaban J connectivity index is 0.00000169. The van der Waals surface area contributed by atoms with Crippen LogP contribution in [0.4, 0.5) is 4.39 Å². The zero-order valence-corrected chi connectivity index (χ0v) is 14.7. The van der Waals surface area contributed by atoms with Crippen LogP contribution in [0.1, 0.15) is 22.5 Å². The number of hydrogen-bond donors (Lipinski definition) is 1. The topological polar surface area (TPSA) is 59.2 Å². The second-order valence-electron chi connectivity index (χ2n) is 6.38. The molecule has 2 heterocycles. The number of nitrogens with two attached hydrogens (primary N) is 1. The number of fused-ring (bicyclic) bond motifs is 1. The van der Waals surface area contributed by atoms with Gasteiger partial charge in [0.1, 0.15) is 15.7 Å². The molecule has 1 saturated carbocycles. The summed E-state index contributed by atoms with van der Waals surface area (Å²) in [7, 11) is 0. The first kappa shape index (κ1) is 17.3. The Morgan fingerprint density at radius 3 is 2.83 bits per heavy atom. The first-order valence-electron chi connectivity index (χ1n) is 7.89. The molecule has 4 rings (SSSR count). The quantitative estimate of drug-likeness (QED) is 0.886. The molecule has 1 aromatic heterocycles. The van der Waals surface area contributed by atoms with E-state index in [-0.39, 0.29) is 30.2 Å². The van der Waals surface area contributed by atoms with Crippen LogP contribution in [-0.4, -0.2) is 34.9 Å². The third kappa shape index (κ3) is 2.94. The molecule has 0 radical (unpaired) electrons. The summed E-state index contributed by atoms with van der Waals surface area (Å²) in [4.78, 5) is 19.4. The number of halogens is 2. The largest absolute Gasteiger partial charge is 0.337 e. The summed E-state index contributed by atoms with van der Waals surface area (Å²) < 4.78 is 13.8. The van der Waals surface area contributed by atoms with Gasteiger partial charge in [0.2, 0.25) is 0 Å². The predicted molar refractivity (Wildman–Crippen MR) is 94.8 cm³/mol. The highest BCUT2D eigenvalue weighted by Crippen LogP contribution is 2.38. The van der Waals surface area contributed by atoms with Gasteiger partial charge in [-0.3, -0.25) is 4.79 Å². The zero-order valence-electron chi connectivity index (χ0n) is 13.0. The summed E-state index contributed by atoms with van der Waals surface area (Å²) in [6, 6.07) is 6.71. The maximum atomic E-state index is 13.8. The van der Waals surface area contributed by atoms with E-state index in [2.05, 4.69) is 4.98 Å². The second-order valence-corrected chi connectivity index (χ2v) is 7.42. The van der Waals surface area contributed by atoms with Crippen LogP contribution in [-0.2, 0) is 0 Å². The fourth-order valence-corrected chi connectivity index (χ4v) is 4.67. The Labute approximate surface area is 150 Å². The average Bonchev–Trinajstić information content (AvgIpc) is 3.25. The number of nitrogens with zero attached hydrogens (tertiary/aromatic N) is 2. The number of amides is 1. The van der Waals surface area contributed by atoms with E-state index < -0.39 is 0 Å². The lowest BCUT2D eigenvalue weighted by molar-refractivity contribution is 0.0784. The summed E-state index contributed by atoms with van der Waals surface area (Å²) in [5.74, 6) is 0.639. The number of rotatable bonds is 2.